The highest BCUT2D eigenvalue weighted by atomic mass is 35.5. The third kappa shape index (κ3) is 3.87. The number of anilines is 1. The van der Waals surface area contributed by atoms with Crippen molar-refractivity contribution in [2.24, 2.45) is 5.84 Å². The van der Waals surface area contributed by atoms with Crippen LogP contribution in [0.1, 0.15) is 5.69 Å². The molecule has 0 aliphatic rings. The molecule has 0 bridgehead atoms. The monoisotopic (exact) mass is 338 g/mol. The van der Waals surface area contributed by atoms with Crippen molar-refractivity contribution in [3.8, 4) is 11.6 Å². The first-order valence-corrected chi connectivity index (χ1v) is 6.11. The Bertz CT molecular complexity index is 666. The van der Waals surface area contributed by atoms with Gasteiger partial charge in [0, 0.05) is 17.2 Å². The highest BCUT2D eigenvalue weighted by molar-refractivity contribution is 6.34. The van der Waals surface area contributed by atoms with Crippen LogP contribution in [0.4, 0.5) is 19.1 Å². The van der Waals surface area contributed by atoms with Gasteiger partial charge in [-0.05, 0) is 12.1 Å². The number of nitrogens with two attached hydrogens (primary N) is 1. The van der Waals surface area contributed by atoms with Gasteiger partial charge in [-0.1, -0.05) is 23.2 Å². The molecule has 112 valence electrons. The third-order valence-corrected chi connectivity index (χ3v) is 2.78. The molecule has 0 saturated carbocycles. The third-order valence-electron chi connectivity index (χ3n) is 2.23. The Kier molecular flexibility index (Phi) is 4.40. The molecule has 0 aliphatic carbocycles. The van der Waals surface area contributed by atoms with Gasteiger partial charge in [-0.15, -0.1) is 0 Å². The molecule has 10 heteroatoms. The zero-order valence-corrected chi connectivity index (χ0v) is 11.6. The van der Waals surface area contributed by atoms with Crippen LogP contribution in [0.2, 0.25) is 10.0 Å². The van der Waals surface area contributed by atoms with Gasteiger partial charge in [-0.2, -0.15) is 18.2 Å². The molecule has 0 radical (unpaired) electrons. The number of rotatable bonds is 3. The minimum atomic E-state index is -4.68. The van der Waals surface area contributed by atoms with Gasteiger partial charge in [0.1, 0.15) is 5.75 Å². The van der Waals surface area contributed by atoms with Gasteiger partial charge in [0.05, 0.1) is 5.02 Å². The zero-order valence-electron chi connectivity index (χ0n) is 10.1. The summed E-state index contributed by atoms with van der Waals surface area (Å²) in [7, 11) is 0. The maximum absolute atomic E-state index is 12.7. The lowest BCUT2D eigenvalue weighted by molar-refractivity contribution is -0.141. The fourth-order valence-electron chi connectivity index (χ4n) is 1.36. The van der Waals surface area contributed by atoms with Crippen molar-refractivity contribution in [2.45, 2.75) is 6.18 Å². The minimum Gasteiger partial charge on any atom is -0.437 e. The van der Waals surface area contributed by atoms with E-state index in [2.05, 4.69) is 9.97 Å². The number of hydrazine groups is 1. The van der Waals surface area contributed by atoms with Crippen molar-refractivity contribution >= 4 is 29.2 Å². The van der Waals surface area contributed by atoms with Crippen LogP contribution in [0, 0.1) is 0 Å². The van der Waals surface area contributed by atoms with Crippen molar-refractivity contribution in [1.29, 1.82) is 0 Å². The SMILES string of the molecule is NNc1nc(Oc2cc(Cl)ccc2Cl)cc(C(F)(F)F)n1. The van der Waals surface area contributed by atoms with E-state index in [1.165, 1.54) is 18.2 Å². The van der Waals surface area contributed by atoms with Crippen LogP contribution in [0.25, 0.3) is 0 Å². The summed E-state index contributed by atoms with van der Waals surface area (Å²) in [6.45, 7) is 0. The number of hydrogen-bond donors (Lipinski definition) is 2. The molecule has 2 rings (SSSR count). The molecule has 0 aliphatic heterocycles. The van der Waals surface area contributed by atoms with Gasteiger partial charge >= 0.3 is 6.18 Å². The van der Waals surface area contributed by atoms with Crippen molar-refractivity contribution in [2.75, 3.05) is 5.43 Å². The van der Waals surface area contributed by atoms with Crippen LogP contribution in [-0.2, 0) is 6.18 Å². The van der Waals surface area contributed by atoms with E-state index in [1.54, 1.807) is 0 Å². The molecule has 1 aromatic carbocycles. The number of nitrogens with zero attached hydrogens (tertiary/aromatic N) is 2. The van der Waals surface area contributed by atoms with Gasteiger partial charge in [-0.3, -0.25) is 5.43 Å². The van der Waals surface area contributed by atoms with Crippen LogP contribution >= 0.6 is 23.2 Å². The number of alkyl halides is 3. The fraction of sp³-hybridized carbons (Fsp3) is 0.0909. The quantitative estimate of drug-likeness (QED) is 0.656. The summed E-state index contributed by atoms with van der Waals surface area (Å²) in [5.41, 5.74) is 0.721. The minimum absolute atomic E-state index is 0.0546. The molecule has 0 saturated heterocycles. The first-order chi connectivity index (χ1) is 9.79. The van der Waals surface area contributed by atoms with E-state index in [0.717, 1.165) is 0 Å². The number of nitrogens with one attached hydrogen (secondary N) is 1. The number of halogens is 5. The number of benzene rings is 1. The maximum atomic E-state index is 12.7. The molecule has 5 nitrogen and oxygen atoms in total. The Morgan fingerprint density at radius 3 is 2.48 bits per heavy atom. The van der Waals surface area contributed by atoms with Gasteiger partial charge in [0.25, 0.3) is 0 Å². The second-order valence-corrected chi connectivity index (χ2v) is 4.58. The predicted molar refractivity (Wildman–Crippen MR) is 71.4 cm³/mol. The lowest BCUT2D eigenvalue weighted by Crippen LogP contribution is -2.15. The Morgan fingerprint density at radius 2 is 1.86 bits per heavy atom. The molecule has 3 N–H and O–H groups in total. The van der Waals surface area contributed by atoms with E-state index in [4.69, 9.17) is 33.8 Å². The Hall–Kier alpha value is -1.77. The van der Waals surface area contributed by atoms with Crippen LogP contribution in [-0.4, -0.2) is 9.97 Å². The van der Waals surface area contributed by atoms with Crippen LogP contribution in [0.15, 0.2) is 24.3 Å². The van der Waals surface area contributed by atoms with Gasteiger partial charge in [0.2, 0.25) is 11.8 Å². The molecule has 1 aromatic heterocycles. The summed E-state index contributed by atoms with van der Waals surface area (Å²) >= 11 is 11.6. The summed E-state index contributed by atoms with van der Waals surface area (Å²) < 4.78 is 43.3. The second kappa shape index (κ2) is 5.92. The fourth-order valence-corrected chi connectivity index (χ4v) is 1.67. The summed E-state index contributed by atoms with van der Waals surface area (Å²) in [5.74, 6) is 4.26. The molecular weight excluding hydrogens is 332 g/mol. The summed E-state index contributed by atoms with van der Waals surface area (Å²) in [6.07, 6.45) is -4.68. The highest BCUT2D eigenvalue weighted by Crippen LogP contribution is 2.34. The molecule has 0 spiro atoms. The second-order valence-electron chi connectivity index (χ2n) is 3.73. The van der Waals surface area contributed by atoms with E-state index in [-0.39, 0.29) is 16.7 Å². The molecule has 0 atom stereocenters. The smallest absolute Gasteiger partial charge is 0.433 e. The van der Waals surface area contributed by atoms with Crippen molar-refractivity contribution in [3.63, 3.8) is 0 Å². The van der Waals surface area contributed by atoms with E-state index in [1.807, 2.05) is 5.43 Å². The van der Waals surface area contributed by atoms with Gasteiger partial charge in [-0.25, -0.2) is 10.8 Å². The van der Waals surface area contributed by atoms with Crippen molar-refractivity contribution < 1.29 is 17.9 Å². The van der Waals surface area contributed by atoms with Crippen LogP contribution < -0.4 is 16.0 Å². The highest BCUT2D eigenvalue weighted by Gasteiger charge is 2.34. The first kappa shape index (κ1) is 15.6. The Morgan fingerprint density at radius 1 is 1.14 bits per heavy atom. The van der Waals surface area contributed by atoms with E-state index in [9.17, 15) is 13.2 Å². The first-order valence-electron chi connectivity index (χ1n) is 5.35. The van der Waals surface area contributed by atoms with Gasteiger partial charge in [0.15, 0.2) is 5.69 Å². The Balaban J connectivity index is 2.42. The van der Waals surface area contributed by atoms with Crippen molar-refractivity contribution in [1.82, 2.24) is 9.97 Å². The average Bonchev–Trinajstić information content (AvgIpc) is 2.41. The Labute approximate surface area is 126 Å². The summed E-state index contributed by atoms with van der Waals surface area (Å²) in [4.78, 5) is 6.85. The standard InChI is InChI=1S/C11H7Cl2F3N4O/c12-5-1-2-6(13)7(3-5)21-9-4-8(11(14,15)16)18-10(19-9)20-17/h1-4H,17H2,(H,18,19,20). The molecule has 0 fully saturated rings. The predicted octanol–water partition coefficient (Wildman–Crippen LogP) is 3.88. The summed E-state index contributed by atoms with van der Waals surface area (Å²) in [5, 5.41) is 0.463. The van der Waals surface area contributed by atoms with Crippen LogP contribution in [0.3, 0.4) is 0 Å². The van der Waals surface area contributed by atoms with Crippen molar-refractivity contribution in [3.05, 3.63) is 40.0 Å². The number of nitrogen functional groups attached to an aromatic ring is 1. The maximum Gasteiger partial charge on any atom is 0.433 e. The molecule has 2 aromatic rings. The number of hydrogen-bond acceptors (Lipinski definition) is 5. The van der Waals surface area contributed by atoms with Crippen LogP contribution in [0.5, 0.6) is 11.6 Å². The molecule has 1 heterocycles. The molecule has 21 heavy (non-hydrogen) atoms. The van der Waals surface area contributed by atoms with Gasteiger partial charge < -0.3 is 4.74 Å². The van der Waals surface area contributed by atoms with E-state index in [0.29, 0.717) is 11.1 Å². The normalized spacial score (nSPS) is 11.3. The molecule has 0 amide bonds. The largest absolute Gasteiger partial charge is 0.437 e. The topological polar surface area (TPSA) is 73.1 Å². The van der Waals surface area contributed by atoms with E-state index >= 15 is 0 Å². The molecule has 0 unspecified atom stereocenters. The zero-order chi connectivity index (χ0) is 15.6. The molecular formula is C11H7Cl2F3N4O. The average molecular weight is 339 g/mol. The summed E-state index contributed by atoms with van der Waals surface area (Å²) in [6, 6.07) is 4.91. The van der Waals surface area contributed by atoms with E-state index < -0.39 is 17.8 Å². The number of aromatic nitrogens is 2. The lowest BCUT2D eigenvalue weighted by atomic mass is 10.3. The number of ether oxygens (including phenoxy) is 1. The lowest BCUT2D eigenvalue weighted by Gasteiger charge is -2.11.